The highest BCUT2D eigenvalue weighted by Crippen LogP contribution is 2.14. The number of amides is 1. The Morgan fingerprint density at radius 1 is 1.00 bits per heavy atom. The first-order chi connectivity index (χ1) is 14.8. The third kappa shape index (κ3) is 3.50. The number of benzene rings is 1. The lowest BCUT2D eigenvalue weighted by Crippen LogP contribution is -2.26. The van der Waals surface area contributed by atoms with Gasteiger partial charge >= 0.3 is 0 Å². The molecule has 4 heterocycles. The number of rotatable bonds is 6. The van der Waals surface area contributed by atoms with Crippen LogP contribution in [0.3, 0.4) is 0 Å². The quantitative estimate of drug-likeness (QED) is 0.475. The van der Waals surface area contributed by atoms with Gasteiger partial charge in [0.25, 0.3) is 5.91 Å². The molecule has 0 spiro atoms. The highest BCUT2D eigenvalue weighted by molar-refractivity contribution is 5.96. The molecular weight excluding hydrogens is 378 g/mol. The number of carbonyl (C=O) groups excluding carboxylic acids is 1. The lowest BCUT2D eigenvalue weighted by atomic mass is 10.2. The van der Waals surface area contributed by atoms with E-state index in [-0.39, 0.29) is 5.91 Å². The Balaban J connectivity index is 1.26. The summed E-state index contributed by atoms with van der Waals surface area (Å²) in [6.45, 7) is 1.09. The number of pyridine rings is 2. The summed E-state index contributed by atoms with van der Waals surface area (Å²) >= 11 is 0. The lowest BCUT2D eigenvalue weighted by molar-refractivity contribution is 0.0953. The first-order valence-electron chi connectivity index (χ1n) is 9.70. The van der Waals surface area contributed by atoms with Crippen molar-refractivity contribution >= 4 is 22.6 Å². The number of fused-ring (bicyclic) bond motifs is 2. The molecule has 0 aliphatic rings. The largest absolute Gasteiger partial charge is 0.352 e. The van der Waals surface area contributed by atoms with Crippen molar-refractivity contribution in [2.45, 2.75) is 13.0 Å². The van der Waals surface area contributed by atoms with E-state index in [0.29, 0.717) is 25.1 Å². The van der Waals surface area contributed by atoms with Crippen molar-refractivity contribution in [1.82, 2.24) is 34.7 Å². The second-order valence-electron chi connectivity index (χ2n) is 6.98. The van der Waals surface area contributed by atoms with Crippen LogP contribution in [0.15, 0.2) is 73.2 Å². The summed E-state index contributed by atoms with van der Waals surface area (Å²) in [5.41, 5.74) is 3.20. The van der Waals surface area contributed by atoms with Gasteiger partial charge in [0.2, 0.25) is 0 Å². The summed E-state index contributed by atoms with van der Waals surface area (Å²) in [7, 11) is 0. The Bertz CT molecular complexity index is 1320. The fourth-order valence-electron chi connectivity index (χ4n) is 3.42. The van der Waals surface area contributed by atoms with Crippen molar-refractivity contribution in [3.05, 3.63) is 90.1 Å². The van der Waals surface area contributed by atoms with E-state index >= 15 is 0 Å². The summed E-state index contributed by atoms with van der Waals surface area (Å²) in [6.07, 6.45) is 5.83. The Morgan fingerprint density at radius 3 is 2.77 bits per heavy atom. The second kappa shape index (κ2) is 7.75. The summed E-state index contributed by atoms with van der Waals surface area (Å²) in [5, 5.41) is 16.5. The van der Waals surface area contributed by atoms with Gasteiger partial charge in [-0.3, -0.25) is 9.20 Å². The molecule has 0 saturated heterocycles. The minimum atomic E-state index is -0.172. The molecule has 5 aromatic rings. The van der Waals surface area contributed by atoms with E-state index in [9.17, 15) is 4.79 Å². The SMILES string of the molecule is O=C(NCCc1nnc2ccccn12)c1cnc2c(cnn2Cc2ccccc2)c1. The van der Waals surface area contributed by atoms with E-state index in [1.807, 2.05) is 69.9 Å². The zero-order chi connectivity index (χ0) is 20.3. The maximum Gasteiger partial charge on any atom is 0.252 e. The smallest absolute Gasteiger partial charge is 0.252 e. The van der Waals surface area contributed by atoms with Crippen LogP contribution >= 0.6 is 0 Å². The van der Waals surface area contributed by atoms with Gasteiger partial charge in [-0.15, -0.1) is 10.2 Å². The number of hydrogen-bond donors (Lipinski definition) is 1. The maximum absolute atomic E-state index is 12.6. The van der Waals surface area contributed by atoms with Gasteiger partial charge in [-0.05, 0) is 23.8 Å². The Hall–Kier alpha value is -4.07. The van der Waals surface area contributed by atoms with Crippen LogP contribution in [0.1, 0.15) is 21.7 Å². The maximum atomic E-state index is 12.6. The number of hydrogen-bond acceptors (Lipinski definition) is 5. The van der Waals surface area contributed by atoms with Crippen molar-refractivity contribution in [3.63, 3.8) is 0 Å². The Morgan fingerprint density at radius 2 is 1.87 bits per heavy atom. The van der Waals surface area contributed by atoms with Crippen LogP contribution in [0.5, 0.6) is 0 Å². The molecule has 4 aromatic heterocycles. The molecule has 0 bridgehead atoms. The van der Waals surface area contributed by atoms with Crippen LogP contribution in [0.25, 0.3) is 16.7 Å². The molecule has 0 saturated carbocycles. The van der Waals surface area contributed by atoms with Crippen molar-refractivity contribution in [2.75, 3.05) is 6.54 Å². The van der Waals surface area contributed by atoms with Crippen LogP contribution in [0.4, 0.5) is 0 Å². The Kier molecular flexibility index (Phi) is 4.65. The normalized spacial score (nSPS) is 11.2. The van der Waals surface area contributed by atoms with Crippen LogP contribution in [-0.2, 0) is 13.0 Å². The topological polar surface area (TPSA) is 90.0 Å². The third-order valence-electron chi connectivity index (χ3n) is 4.93. The van der Waals surface area contributed by atoms with E-state index in [4.69, 9.17) is 0 Å². The molecule has 0 fully saturated rings. The van der Waals surface area contributed by atoms with Crippen molar-refractivity contribution in [1.29, 1.82) is 0 Å². The fraction of sp³-hybridized carbons (Fsp3) is 0.136. The number of nitrogens with zero attached hydrogens (tertiary/aromatic N) is 6. The average Bonchev–Trinajstić information content (AvgIpc) is 3.38. The van der Waals surface area contributed by atoms with Crippen LogP contribution in [-0.4, -0.2) is 41.8 Å². The van der Waals surface area contributed by atoms with E-state index < -0.39 is 0 Å². The van der Waals surface area contributed by atoms with Gasteiger partial charge in [0.1, 0.15) is 5.82 Å². The molecule has 1 N–H and O–H groups in total. The molecule has 1 aromatic carbocycles. The van der Waals surface area contributed by atoms with Crippen LogP contribution in [0.2, 0.25) is 0 Å². The highest BCUT2D eigenvalue weighted by atomic mass is 16.1. The average molecular weight is 397 g/mol. The fourth-order valence-corrected chi connectivity index (χ4v) is 3.42. The van der Waals surface area contributed by atoms with Gasteiger partial charge in [-0.1, -0.05) is 36.4 Å². The third-order valence-corrected chi connectivity index (χ3v) is 4.93. The lowest BCUT2D eigenvalue weighted by Gasteiger charge is -2.06. The van der Waals surface area contributed by atoms with Gasteiger partial charge in [-0.2, -0.15) is 5.10 Å². The number of aromatic nitrogens is 6. The molecule has 30 heavy (non-hydrogen) atoms. The Labute approximate surface area is 172 Å². The molecule has 0 aliphatic heterocycles. The molecule has 8 nitrogen and oxygen atoms in total. The van der Waals surface area contributed by atoms with Crippen molar-refractivity contribution in [2.24, 2.45) is 0 Å². The second-order valence-corrected chi connectivity index (χ2v) is 6.98. The molecule has 0 atom stereocenters. The summed E-state index contributed by atoms with van der Waals surface area (Å²) in [4.78, 5) is 17.0. The molecule has 148 valence electrons. The van der Waals surface area contributed by atoms with Gasteiger partial charge in [0.05, 0.1) is 18.3 Å². The predicted molar refractivity (Wildman–Crippen MR) is 112 cm³/mol. The molecule has 0 aliphatic carbocycles. The standard InChI is InChI=1S/C22H19N7O/c30-22(23-10-9-20-27-26-19-8-4-5-11-28(19)20)18-12-17-14-25-29(21(17)24-13-18)15-16-6-2-1-3-7-16/h1-8,11-14H,9-10,15H2,(H,23,30). The molecular formula is C22H19N7O. The van der Waals surface area contributed by atoms with E-state index in [0.717, 1.165) is 28.1 Å². The minimum absolute atomic E-state index is 0.172. The number of carbonyl (C=O) groups is 1. The van der Waals surface area contributed by atoms with Crippen LogP contribution in [0, 0.1) is 0 Å². The van der Waals surface area contributed by atoms with Crippen LogP contribution < -0.4 is 5.32 Å². The van der Waals surface area contributed by atoms with E-state index in [1.54, 1.807) is 12.4 Å². The number of nitrogens with one attached hydrogen (secondary N) is 1. The first kappa shape index (κ1) is 18.0. The van der Waals surface area contributed by atoms with Crippen molar-refractivity contribution < 1.29 is 4.79 Å². The summed E-state index contributed by atoms with van der Waals surface area (Å²) < 4.78 is 3.75. The molecule has 0 radical (unpaired) electrons. The monoisotopic (exact) mass is 397 g/mol. The summed E-state index contributed by atoms with van der Waals surface area (Å²) in [5.74, 6) is 0.635. The highest BCUT2D eigenvalue weighted by Gasteiger charge is 2.11. The van der Waals surface area contributed by atoms with Gasteiger partial charge < -0.3 is 5.32 Å². The molecule has 1 amide bonds. The van der Waals surface area contributed by atoms with Gasteiger partial charge in [0, 0.05) is 30.7 Å². The summed E-state index contributed by atoms with van der Waals surface area (Å²) in [6, 6.07) is 17.6. The molecule has 5 rings (SSSR count). The van der Waals surface area contributed by atoms with Gasteiger partial charge in [-0.25, -0.2) is 9.67 Å². The van der Waals surface area contributed by atoms with Gasteiger partial charge in [0.15, 0.2) is 11.3 Å². The predicted octanol–water partition coefficient (Wildman–Crippen LogP) is 2.49. The minimum Gasteiger partial charge on any atom is -0.352 e. The first-order valence-corrected chi connectivity index (χ1v) is 9.70. The molecule has 8 heteroatoms. The zero-order valence-corrected chi connectivity index (χ0v) is 16.1. The van der Waals surface area contributed by atoms with Crippen molar-refractivity contribution in [3.8, 4) is 0 Å². The molecule has 0 unspecified atom stereocenters. The zero-order valence-electron chi connectivity index (χ0n) is 16.1. The van der Waals surface area contributed by atoms with E-state index in [1.165, 1.54) is 0 Å². The van der Waals surface area contributed by atoms with E-state index in [2.05, 4.69) is 25.6 Å².